The Morgan fingerprint density at radius 1 is 1.38 bits per heavy atom. The summed E-state index contributed by atoms with van der Waals surface area (Å²) in [7, 11) is 0. The summed E-state index contributed by atoms with van der Waals surface area (Å²) in [6.07, 6.45) is 1.01. The number of hydrogen-bond donors (Lipinski definition) is 1. The number of aryl methyl sites for hydroxylation is 1. The van der Waals surface area contributed by atoms with Crippen molar-refractivity contribution in [3.05, 3.63) is 65.2 Å². The van der Waals surface area contributed by atoms with E-state index >= 15 is 0 Å². The highest BCUT2D eigenvalue weighted by Crippen LogP contribution is 2.49. The van der Waals surface area contributed by atoms with Crippen LogP contribution in [0.25, 0.3) is 0 Å². The lowest BCUT2D eigenvalue weighted by atomic mass is 10.1. The van der Waals surface area contributed by atoms with Gasteiger partial charge in [-0.05, 0) is 49.6 Å². The van der Waals surface area contributed by atoms with Gasteiger partial charge < -0.3 is 5.32 Å². The number of pyridine rings is 1. The zero-order chi connectivity index (χ0) is 16.7. The molecule has 0 radical (unpaired) electrons. The molecule has 4 rings (SSSR count). The average Bonchev–Trinajstić information content (AvgIpc) is 3.07. The van der Waals surface area contributed by atoms with Gasteiger partial charge in [-0.15, -0.1) is 0 Å². The topological polar surface area (TPSA) is 45.2 Å². The molecule has 124 valence electrons. The smallest absolute Gasteiger partial charge is 0.251 e. The molecule has 1 aromatic carbocycles. The van der Waals surface area contributed by atoms with Crippen molar-refractivity contribution in [2.45, 2.75) is 25.4 Å². The van der Waals surface area contributed by atoms with Crippen LogP contribution in [0.4, 0.5) is 4.39 Å². The number of amides is 1. The summed E-state index contributed by atoms with van der Waals surface area (Å²) >= 11 is 0. The number of nitrogens with one attached hydrogen (secondary N) is 1. The minimum absolute atomic E-state index is 0.146. The lowest BCUT2D eigenvalue weighted by Crippen LogP contribution is -2.42. The van der Waals surface area contributed by atoms with Gasteiger partial charge in [-0.3, -0.25) is 14.7 Å². The first-order valence-corrected chi connectivity index (χ1v) is 8.27. The summed E-state index contributed by atoms with van der Waals surface area (Å²) in [5, 5.41) is 3.13. The van der Waals surface area contributed by atoms with Crippen LogP contribution in [0.3, 0.4) is 0 Å². The second-order valence-corrected chi connectivity index (χ2v) is 6.96. The molecule has 1 amide bonds. The van der Waals surface area contributed by atoms with Crippen LogP contribution >= 0.6 is 0 Å². The van der Waals surface area contributed by atoms with Crippen molar-refractivity contribution >= 4 is 5.91 Å². The highest BCUT2D eigenvalue weighted by Gasteiger charge is 2.60. The highest BCUT2D eigenvalue weighted by molar-refractivity contribution is 5.95. The first-order chi connectivity index (χ1) is 11.5. The van der Waals surface area contributed by atoms with Gasteiger partial charge in [-0.2, -0.15) is 0 Å². The Morgan fingerprint density at radius 2 is 2.21 bits per heavy atom. The fourth-order valence-electron chi connectivity index (χ4n) is 3.75. The van der Waals surface area contributed by atoms with Gasteiger partial charge in [0.05, 0.1) is 11.2 Å². The molecule has 1 aliphatic heterocycles. The first-order valence-electron chi connectivity index (χ1n) is 8.27. The van der Waals surface area contributed by atoms with E-state index in [1.165, 1.54) is 12.1 Å². The number of hydrogen-bond acceptors (Lipinski definition) is 3. The maximum atomic E-state index is 13.3. The van der Waals surface area contributed by atoms with Crippen molar-refractivity contribution in [1.29, 1.82) is 0 Å². The van der Waals surface area contributed by atoms with Crippen molar-refractivity contribution in [3.63, 3.8) is 0 Å². The third-order valence-electron chi connectivity index (χ3n) is 5.00. The number of benzene rings is 1. The van der Waals surface area contributed by atoms with Gasteiger partial charge in [0.1, 0.15) is 5.82 Å². The van der Waals surface area contributed by atoms with Crippen molar-refractivity contribution in [2.75, 3.05) is 13.1 Å². The number of halogens is 1. The van der Waals surface area contributed by atoms with E-state index in [9.17, 15) is 9.18 Å². The summed E-state index contributed by atoms with van der Waals surface area (Å²) in [4.78, 5) is 19.3. The van der Waals surface area contributed by atoms with Crippen molar-refractivity contribution < 1.29 is 9.18 Å². The molecule has 2 fully saturated rings. The molecule has 24 heavy (non-hydrogen) atoms. The van der Waals surface area contributed by atoms with E-state index in [0.29, 0.717) is 11.5 Å². The van der Waals surface area contributed by atoms with E-state index in [4.69, 9.17) is 0 Å². The van der Waals surface area contributed by atoms with Gasteiger partial charge in [-0.25, -0.2) is 4.39 Å². The van der Waals surface area contributed by atoms with E-state index in [1.807, 2.05) is 25.1 Å². The Balaban J connectivity index is 1.40. The molecule has 2 heterocycles. The number of likely N-dealkylation sites (tertiary alicyclic amines) is 1. The molecule has 4 nitrogen and oxygen atoms in total. The number of carbonyl (C=O) groups excluding carboxylic acids is 1. The number of aromatic nitrogens is 1. The van der Waals surface area contributed by atoms with Crippen LogP contribution in [0.1, 0.15) is 28.2 Å². The SMILES string of the molecule is Cc1cccc(CN2C[C@H]3C[C@]3(NC(=O)c3cccc(F)c3)C2)n1. The summed E-state index contributed by atoms with van der Waals surface area (Å²) in [6, 6.07) is 11.9. The monoisotopic (exact) mass is 325 g/mol. The number of rotatable bonds is 4. The third-order valence-corrected chi connectivity index (χ3v) is 5.00. The van der Waals surface area contributed by atoms with Crippen molar-refractivity contribution in [2.24, 2.45) is 5.92 Å². The normalized spacial score (nSPS) is 25.3. The summed E-state index contributed by atoms with van der Waals surface area (Å²) in [5.41, 5.74) is 2.32. The van der Waals surface area contributed by atoms with E-state index < -0.39 is 0 Å². The van der Waals surface area contributed by atoms with Crippen LogP contribution in [-0.4, -0.2) is 34.4 Å². The van der Waals surface area contributed by atoms with Crippen LogP contribution < -0.4 is 5.32 Å². The maximum absolute atomic E-state index is 13.3. The Hall–Kier alpha value is -2.27. The molecule has 2 aromatic rings. The van der Waals surface area contributed by atoms with Gasteiger partial charge >= 0.3 is 0 Å². The molecule has 2 atom stereocenters. The Morgan fingerprint density at radius 3 is 3.00 bits per heavy atom. The molecule has 0 unspecified atom stereocenters. The predicted octanol–water partition coefficient (Wildman–Crippen LogP) is 2.53. The summed E-state index contributed by atoms with van der Waals surface area (Å²) in [6.45, 7) is 4.59. The fraction of sp³-hybridized carbons (Fsp3) is 0.368. The molecule has 1 N–H and O–H groups in total. The predicted molar refractivity (Wildman–Crippen MR) is 89.0 cm³/mol. The van der Waals surface area contributed by atoms with E-state index in [1.54, 1.807) is 12.1 Å². The van der Waals surface area contributed by atoms with Crippen LogP contribution in [-0.2, 0) is 6.54 Å². The molecular formula is C19H20FN3O. The lowest BCUT2D eigenvalue weighted by molar-refractivity contribution is 0.0926. The van der Waals surface area contributed by atoms with Gasteiger partial charge in [-0.1, -0.05) is 12.1 Å². The number of piperidine rings is 1. The highest BCUT2D eigenvalue weighted by atomic mass is 19.1. The summed E-state index contributed by atoms with van der Waals surface area (Å²) in [5.74, 6) is -0.0848. The molecular weight excluding hydrogens is 305 g/mol. The number of fused-ring (bicyclic) bond motifs is 1. The maximum Gasteiger partial charge on any atom is 0.251 e. The zero-order valence-electron chi connectivity index (χ0n) is 13.6. The van der Waals surface area contributed by atoms with Crippen molar-refractivity contribution in [1.82, 2.24) is 15.2 Å². The molecule has 0 spiro atoms. The van der Waals surface area contributed by atoms with Gasteiger partial charge in [0.15, 0.2) is 0 Å². The Kier molecular flexibility index (Phi) is 3.61. The van der Waals surface area contributed by atoms with Gasteiger partial charge in [0, 0.05) is 30.9 Å². The molecule has 1 saturated heterocycles. The van der Waals surface area contributed by atoms with Crippen LogP contribution in [0, 0.1) is 18.7 Å². The molecule has 1 saturated carbocycles. The minimum Gasteiger partial charge on any atom is -0.345 e. The lowest BCUT2D eigenvalue weighted by Gasteiger charge is -2.21. The van der Waals surface area contributed by atoms with Crippen LogP contribution in [0.15, 0.2) is 42.5 Å². The van der Waals surface area contributed by atoms with Crippen LogP contribution in [0.5, 0.6) is 0 Å². The van der Waals surface area contributed by atoms with E-state index in [2.05, 4.69) is 15.2 Å². The quantitative estimate of drug-likeness (QED) is 0.939. The van der Waals surface area contributed by atoms with Crippen molar-refractivity contribution in [3.8, 4) is 0 Å². The Labute approximate surface area is 140 Å². The van der Waals surface area contributed by atoms with E-state index in [0.717, 1.165) is 37.4 Å². The minimum atomic E-state index is -0.383. The molecule has 1 aliphatic carbocycles. The number of nitrogens with zero attached hydrogens (tertiary/aromatic N) is 2. The number of carbonyl (C=O) groups is 1. The molecule has 0 bridgehead atoms. The van der Waals surface area contributed by atoms with Gasteiger partial charge in [0.25, 0.3) is 5.91 Å². The fourth-order valence-corrected chi connectivity index (χ4v) is 3.75. The van der Waals surface area contributed by atoms with Gasteiger partial charge in [0.2, 0.25) is 0 Å². The second kappa shape index (κ2) is 5.67. The third kappa shape index (κ3) is 2.91. The second-order valence-electron chi connectivity index (χ2n) is 6.96. The van der Waals surface area contributed by atoms with E-state index in [-0.39, 0.29) is 17.3 Å². The molecule has 5 heteroatoms. The van der Waals surface area contributed by atoms with Crippen LogP contribution in [0.2, 0.25) is 0 Å². The first kappa shape index (κ1) is 15.3. The Bertz CT molecular complexity index is 794. The largest absolute Gasteiger partial charge is 0.345 e. The standard InChI is InChI=1S/C19H20FN3O/c1-13-4-2-7-17(21-13)11-23-10-15-9-19(15,12-23)22-18(24)14-5-3-6-16(20)8-14/h2-8,15H,9-12H2,1H3,(H,22,24)/t15-,19+/m1/s1. The average molecular weight is 325 g/mol. The zero-order valence-corrected chi connectivity index (χ0v) is 13.6. The molecule has 1 aromatic heterocycles. The molecule has 2 aliphatic rings. The summed E-state index contributed by atoms with van der Waals surface area (Å²) < 4.78 is 13.3.